The first-order valence-electron chi connectivity index (χ1n) is 18.4. The summed E-state index contributed by atoms with van der Waals surface area (Å²) in [5.41, 5.74) is 1.04. The van der Waals surface area contributed by atoms with E-state index in [1.807, 2.05) is 6.08 Å². The Kier molecular flexibility index (Phi) is 9.56. The quantitative estimate of drug-likeness (QED) is 0.383. The molecule has 0 aromatic carbocycles. The Labute approximate surface area is 276 Å². The Morgan fingerprint density at radius 1 is 0.957 bits per heavy atom. The predicted molar refractivity (Wildman–Crippen MR) is 184 cm³/mol. The maximum absolute atomic E-state index is 14.1. The van der Waals surface area contributed by atoms with Crippen LogP contribution in [0.2, 0.25) is 0 Å². The van der Waals surface area contributed by atoms with Gasteiger partial charge < -0.3 is 19.8 Å². The van der Waals surface area contributed by atoms with E-state index in [2.05, 4.69) is 67.2 Å². The van der Waals surface area contributed by atoms with Gasteiger partial charge in [-0.2, -0.15) is 9.97 Å². The van der Waals surface area contributed by atoms with Crippen molar-refractivity contribution in [2.45, 2.75) is 92.6 Å². The number of allylic oxidation sites excluding steroid dienone is 1. The summed E-state index contributed by atoms with van der Waals surface area (Å²) in [7, 11) is 0. The van der Waals surface area contributed by atoms with E-state index in [1.165, 1.54) is 5.57 Å². The minimum absolute atomic E-state index is 0.0129. The number of fused-ring (bicyclic) bond motifs is 5. The second-order valence-corrected chi connectivity index (χ2v) is 15.3. The molecule has 46 heavy (non-hydrogen) atoms. The van der Waals surface area contributed by atoms with Crippen molar-refractivity contribution in [2.24, 2.45) is 34.5 Å². The van der Waals surface area contributed by atoms with Crippen LogP contribution in [-0.2, 0) is 9.59 Å². The Morgan fingerprint density at radius 2 is 1.65 bits per heavy atom. The average molecular weight is 635 g/mol. The average Bonchev–Trinajstić information content (AvgIpc) is 3.39. The number of hydrogen-bond acceptors (Lipinski definition) is 9. The number of Topliss-reactive ketones (excluding diaryl/α,β-unsaturated/α-hetero) is 1. The van der Waals surface area contributed by atoms with Gasteiger partial charge in [-0.15, -0.1) is 0 Å². The molecule has 1 aromatic heterocycles. The number of carbonyl (C=O) groups excluding carboxylic acids is 2. The molecule has 254 valence electrons. The fourth-order valence-corrected chi connectivity index (χ4v) is 10.6. The SMILES string of the molecule is CCN(CC)c1cc(N2CCN(CC(=O)[C@H]3CC[C@H]4[C@@H]5CCC6=CC(=O)CC[C@]6(C)[C@H]5[C@H](O)C[C@]34C)CC2)nc(N(CC)CC)n1. The summed E-state index contributed by atoms with van der Waals surface area (Å²) >= 11 is 0. The van der Waals surface area contributed by atoms with E-state index in [0.717, 1.165) is 102 Å². The van der Waals surface area contributed by atoms with E-state index >= 15 is 0 Å². The number of anilines is 3. The molecule has 1 aromatic rings. The zero-order chi connectivity index (χ0) is 32.8. The van der Waals surface area contributed by atoms with Gasteiger partial charge in [-0.05, 0) is 101 Å². The molecule has 6 rings (SSSR count). The molecule has 3 saturated carbocycles. The van der Waals surface area contributed by atoms with Crippen LogP contribution < -0.4 is 14.7 Å². The van der Waals surface area contributed by atoms with Gasteiger partial charge in [0.25, 0.3) is 0 Å². The van der Waals surface area contributed by atoms with Crippen LogP contribution >= 0.6 is 0 Å². The maximum atomic E-state index is 14.1. The van der Waals surface area contributed by atoms with Crippen LogP contribution in [0.1, 0.15) is 86.5 Å². The highest BCUT2D eigenvalue weighted by Gasteiger charge is 2.62. The van der Waals surface area contributed by atoms with Gasteiger partial charge in [-0.1, -0.05) is 19.4 Å². The molecule has 9 nitrogen and oxygen atoms in total. The number of rotatable bonds is 10. The molecule has 7 atom stereocenters. The van der Waals surface area contributed by atoms with Crippen LogP contribution in [0.4, 0.5) is 17.6 Å². The summed E-state index contributed by atoms with van der Waals surface area (Å²) in [5, 5.41) is 11.8. The van der Waals surface area contributed by atoms with Crippen LogP contribution in [0.3, 0.4) is 0 Å². The van der Waals surface area contributed by atoms with E-state index in [0.29, 0.717) is 37.0 Å². The third kappa shape index (κ3) is 5.78. The summed E-state index contributed by atoms with van der Waals surface area (Å²) in [6, 6.07) is 2.14. The molecule has 0 radical (unpaired) electrons. The van der Waals surface area contributed by atoms with Crippen molar-refractivity contribution in [1.82, 2.24) is 14.9 Å². The number of hydrogen-bond donors (Lipinski definition) is 1. The van der Waals surface area contributed by atoms with Gasteiger partial charge in [0, 0.05) is 70.8 Å². The highest BCUT2D eigenvalue weighted by atomic mass is 16.3. The van der Waals surface area contributed by atoms with Crippen molar-refractivity contribution < 1.29 is 14.7 Å². The first-order valence-corrected chi connectivity index (χ1v) is 18.4. The summed E-state index contributed by atoms with van der Waals surface area (Å²) in [4.78, 5) is 45.5. The Morgan fingerprint density at radius 3 is 2.33 bits per heavy atom. The third-order valence-electron chi connectivity index (χ3n) is 13.2. The Hall–Kier alpha value is -2.52. The lowest BCUT2D eigenvalue weighted by Gasteiger charge is -2.59. The molecule has 9 heteroatoms. The highest BCUT2D eigenvalue weighted by molar-refractivity contribution is 5.91. The van der Waals surface area contributed by atoms with Crippen LogP contribution in [-0.4, -0.2) is 96.5 Å². The lowest BCUT2D eigenvalue weighted by atomic mass is 9.46. The van der Waals surface area contributed by atoms with Gasteiger partial charge >= 0.3 is 0 Å². The monoisotopic (exact) mass is 634 g/mol. The first kappa shape index (κ1) is 33.4. The normalized spacial score (nSPS) is 34.4. The summed E-state index contributed by atoms with van der Waals surface area (Å²) in [6.07, 6.45) is 7.67. The van der Waals surface area contributed by atoms with Gasteiger partial charge in [0.2, 0.25) is 5.95 Å². The van der Waals surface area contributed by atoms with Crippen LogP contribution in [0.5, 0.6) is 0 Å². The molecule has 0 spiro atoms. The second-order valence-electron chi connectivity index (χ2n) is 15.3. The fraction of sp³-hybridized carbons (Fsp3) is 0.784. The molecule has 4 fully saturated rings. The largest absolute Gasteiger partial charge is 0.393 e. The topological polar surface area (TPSA) is 93.1 Å². The standard InChI is InChI=1S/C37H58N6O3/c1-7-41(8-2)32-22-33(39-35(38-32)42(9-3)10-4)43-19-17-40(18-20-43)24-31(46)29-14-13-28-27-12-11-25-21-26(44)15-16-36(25,5)34(27)30(45)23-37(28,29)6/h21-22,27-30,34,45H,7-20,23-24H2,1-6H3/t27-,28-,29+,30+,34+,36-,37-/m0/s1. The molecule has 0 amide bonds. The van der Waals surface area contributed by atoms with Crippen molar-refractivity contribution in [2.75, 3.05) is 73.6 Å². The van der Waals surface area contributed by atoms with Gasteiger partial charge in [0.1, 0.15) is 17.4 Å². The van der Waals surface area contributed by atoms with E-state index in [1.54, 1.807) is 0 Å². The predicted octanol–water partition coefficient (Wildman–Crippen LogP) is 4.98. The van der Waals surface area contributed by atoms with Crippen molar-refractivity contribution in [3.63, 3.8) is 0 Å². The number of carbonyl (C=O) groups is 2. The molecular weight excluding hydrogens is 576 g/mol. The van der Waals surface area contributed by atoms with Crippen LogP contribution in [0, 0.1) is 34.5 Å². The Balaban J connectivity index is 1.11. The van der Waals surface area contributed by atoms with Crippen molar-refractivity contribution >= 4 is 29.2 Å². The zero-order valence-electron chi connectivity index (χ0n) is 29.3. The second kappa shape index (κ2) is 13.2. The number of nitrogens with zero attached hydrogens (tertiary/aromatic N) is 6. The summed E-state index contributed by atoms with van der Waals surface area (Å²) in [5.74, 6) is 4.48. The van der Waals surface area contributed by atoms with Gasteiger partial charge in [-0.25, -0.2) is 0 Å². The van der Waals surface area contributed by atoms with Gasteiger partial charge in [-0.3, -0.25) is 14.5 Å². The summed E-state index contributed by atoms with van der Waals surface area (Å²) in [6.45, 7) is 20.6. The van der Waals surface area contributed by atoms with Gasteiger partial charge in [0.05, 0.1) is 12.6 Å². The lowest BCUT2D eigenvalue weighted by molar-refractivity contribution is -0.145. The highest BCUT2D eigenvalue weighted by Crippen LogP contribution is 2.66. The van der Waals surface area contributed by atoms with Crippen LogP contribution in [0.15, 0.2) is 17.7 Å². The number of aromatic nitrogens is 2. The lowest BCUT2D eigenvalue weighted by Crippen LogP contribution is -2.57. The van der Waals surface area contributed by atoms with E-state index in [4.69, 9.17) is 9.97 Å². The number of aliphatic hydroxyl groups excluding tert-OH is 1. The molecular formula is C37H58N6O3. The van der Waals surface area contributed by atoms with E-state index in [9.17, 15) is 14.7 Å². The molecule has 1 aliphatic heterocycles. The van der Waals surface area contributed by atoms with Crippen LogP contribution in [0.25, 0.3) is 0 Å². The molecule has 0 bridgehead atoms. The smallest absolute Gasteiger partial charge is 0.229 e. The molecule has 1 saturated heterocycles. The van der Waals surface area contributed by atoms with Crippen molar-refractivity contribution in [1.29, 1.82) is 0 Å². The summed E-state index contributed by atoms with van der Waals surface area (Å²) < 4.78 is 0. The maximum Gasteiger partial charge on any atom is 0.229 e. The van der Waals surface area contributed by atoms with Crippen molar-refractivity contribution in [3.8, 4) is 0 Å². The molecule has 1 N–H and O–H groups in total. The van der Waals surface area contributed by atoms with E-state index in [-0.39, 0.29) is 28.4 Å². The number of piperazine rings is 1. The minimum Gasteiger partial charge on any atom is -0.393 e. The molecule has 4 aliphatic carbocycles. The molecule has 0 unspecified atom stereocenters. The molecule has 2 heterocycles. The van der Waals surface area contributed by atoms with E-state index < -0.39 is 6.10 Å². The first-order chi connectivity index (χ1) is 22.1. The zero-order valence-corrected chi connectivity index (χ0v) is 29.3. The van der Waals surface area contributed by atoms with Crippen molar-refractivity contribution in [3.05, 3.63) is 17.7 Å². The molecule has 5 aliphatic rings. The third-order valence-corrected chi connectivity index (χ3v) is 13.2. The minimum atomic E-state index is -0.416. The Bertz CT molecular complexity index is 1290. The number of aliphatic hydroxyl groups is 1. The van der Waals surface area contributed by atoms with Gasteiger partial charge in [0.15, 0.2) is 5.78 Å². The number of ketones is 2. The fourth-order valence-electron chi connectivity index (χ4n) is 10.6.